The summed E-state index contributed by atoms with van der Waals surface area (Å²) in [7, 11) is 4.03. The Hall–Kier alpha value is -0.830. The van der Waals surface area contributed by atoms with Crippen molar-refractivity contribution in [3.63, 3.8) is 0 Å². The fraction of sp³-hybridized carbons (Fsp3) is 0.385. The zero-order valence-electron chi connectivity index (χ0n) is 9.91. The first-order valence-electron chi connectivity index (χ1n) is 5.28. The van der Waals surface area contributed by atoms with E-state index in [2.05, 4.69) is 11.5 Å². The van der Waals surface area contributed by atoms with Crippen LogP contribution in [0.5, 0.6) is 0 Å². The summed E-state index contributed by atoms with van der Waals surface area (Å²) < 4.78 is 0. The molecule has 0 bridgehead atoms. The van der Waals surface area contributed by atoms with Gasteiger partial charge in [-0.2, -0.15) is 0 Å². The number of nitrogens with zero attached hydrogens (tertiary/aromatic N) is 1. The smallest absolute Gasteiger partial charge is 0.0573 e. The highest BCUT2D eigenvalue weighted by Crippen LogP contribution is 2.24. The molecule has 0 radical (unpaired) electrons. The maximum atomic E-state index is 6.42. The minimum Gasteiger partial charge on any atom is -0.320 e. The van der Waals surface area contributed by atoms with Gasteiger partial charge in [0.05, 0.1) is 5.54 Å². The summed E-state index contributed by atoms with van der Waals surface area (Å²) in [4.78, 5) is 2.08. The highest BCUT2D eigenvalue weighted by Gasteiger charge is 2.26. The summed E-state index contributed by atoms with van der Waals surface area (Å²) in [5, 5.41) is 0.731. The van der Waals surface area contributed by atoms with Crippen molar-refractivity contribution in [1.82, 2.24) is 4.90 Å². The Morgan fingerprint density at radius 2 is 1.94 bits per heavy atom. The number of hydrogen-bond donors (Lipinski definition) is 1. The summed E-state index contributed by atoms with van der Waals surface area (Å²) in [6.45, 7) is 4.55. The normalized spacial score (nSPS) is 14.8. The number of hydrogen-bond acceptors (Lipinski definition) is 2. The molecule has 0 heterocycles. The van der Waals surface area contributed by atoms with Crippen LogP contribution in [0.15, 0.2) is 36.9 Å². The zero-order chi connectivity index (χ0) is 12.2. The molecule has 1 rings (SSSR count). The summed E-state index contributed by atoms with van der Waals surface area (Å²) >= 11 is 5.87. The maximum absolute atomic E-state index is 6.42. The van der Waals surface area contributed by atoms with Crippen molar-refractivity contribution in [2.75, 3.05) is 20.6 Å². The van der Waals surface area contributed by atoms with Crippen LogP contribution in [0.1, 0.15) is 12.0 Å². The molecule has 1 aromatic rings. The Labute approximate surface area is 103 Å². The Morgan fingerprint density at radius 1 is 1.38 bits per heavy atom. The summed E-state index contributed by atoms with van der Waals surface area (Å²) in [6, 6.07) is 7.71. The molecule has 1 atom stereocenters. The van der Waals surface area contributed by atoms with Crippen LogP contribution in [0.2, 0.25) is 5.02 Å². The minimum absolute atomic E-state index is 0.393. The molecule has 0 aliphatic heterocycles. The quantitative estimate of drug-likeness (QED) is 0.800. The van der Waals surface area contributed by atoms with Crippen LogP contribution in [0.25, 0.3) is 0 Å². The van der Waals surface area contributed by atoms with Gasteiger partial charge in [0.25, 0.3) is 0 Å². The molecule has 0 aromatic heterocycles. The summed E-state index contributed by atoms with van der Waals surface area (Å²) in [5.74, 6) is 0. The highest BCUT2D eigenvalue weighted by atomic mass is 35.5. The monoisotopic (exact) mass is 238 g/mol. The third-order valence-corrected chi connectivity index (χ3v) is 2.78. The number of rotatable bonds is 5. The first kappa shape index (κ1) is 13.2. The Morgan fingerprint density at radius 3 is 2.38 bits per heavy atom. The molecule has 3 heteroatoms. The van der Waals surface area contributed by atoms with E-state index >= 15 is 0 Å². The van der Waals surface area contributed by atoms with E-state index in [9.17, 15) is 0 Å². The van der Waals surface area contributed by atoms with Crippen LogP contribution in [0.3, 0.4) is 0 Å². The molecule has 0 saturated carbocycles. The van der Waals surface area contributed by atoms with Crippen molar-refractivity contribution in [3.05, 3.63) is 47.5 Å². The molecular formula is C13H19ClN2. The average molecular weight is 239 g/mol. The van der Waals surface area contributed by atoms with Gasteiger partial charge < -0.3 is 10.6 Å². The van der Waals surface area contributed by atoms with Crippen molar-refractivity contribution < 1.29 is 0 Å². The molecule has 0 aliphatic rings. The van der Waals surface area contributed by atoms with Gasteiger partial charge in [0.15, 0.2) is 0 Å². The average Bonchev–Trinajstić information content (AvgIpc) is 2.17. The minimum atomic E-state index is -0.393. The largest absolute Gasteiger partial charge is 0.320 e. The second-order valence-electron chi connectivity index (χ2n) is 4.39. The van der Waals surface area contributed by atoms with Crippen LogP contribution in [-0.4, -0.2) is 25.5 Å². The van der Waals surface area contributed by atoms with Gasteiger partial charge in [0.1, 0.15) is 0 Å². The van der Waals surface area contributed by atoms with Gasteiger partial charge in [0.2, 0.25) is 0 Å². The molecule has 2 nitrogen and oxygen atoms in total. The van der Waals surface area contributed by atoms with Gasteiger partial charge in [-0.1, -0.05) is 29.8 Å². The second-order valence-corrected chi connectivity index (χ2v) is 4.83. The van der Waals surface area contributed by atoms with Crippen LogP contribution in [0.4, 0.5) is 0 Å². The topological polar surface area (TPSA) is 29.3 Å². The number of halogens is 1. The molecule has 0 aliphatic carbocycles. The zero-order valence-corrected chi connectivity index (χ0v) is 10.7. The van der Waals surface area contributed by atoms with Crippen LogP contribution in [0, 0.1) is 0 Å². The lowest BCUT2D eigenvalue weighted by molar-refractivity contribution is 0.287. The van der Waals surface area contributed by atoms with Crippen molar-refractivity contribution in [3.8, 4) is 0 Å². The van der Waals surface area contributed by atoms with E-state index in [0.29, 0.717) is 0 Å². The Kier molecular flexibility index (Phi) is 4.54. The first-order chi connectivity index (χ1) is 7.48. The van der Waals surface area contributed by atoms with E-state index in [-0.39, 0.29) is 0 Å². The van der Waals surface area contributed by atoms with Gasteiger partial charge in [-0.05, 0) is 38.2 Å². The van der Waals surface area contributed by atoms with E-state index in [1.54, 1.807) is 0 Å². The lowest BCUT2D eigenvalue weighted by Crippen LogP contribution is -2.45. The van der Waals surface area contributed by atoms with Crippen molar-refractivity contribution >= 4 is 11.6 Å². The molecule has 16 heavy (non-hydrogen) atoms. The summed E-state index contributed by atoms with van der Waals surface area (Å²) in [6.07, 6.45) is 2.60. The van der Waals surface area contributed by atoms with E-state index in [1.807, 2.05) is 44.4 Å². The molecule has 0 amide bonds. The van der Waals surface area contributed by atoms with E-state index in [1.165, 1.54) is 0 Å². The third kappa shape index (κ3) is 3.34. The Bertz CT molecular complexity index is 345. The Balaban J connectivity index is 3.00. The van der Waals surface area contributed by atoms with E-state index in [0.717, 1.165) is 23.6 Å². The molecular weight excluding hydrogens is 220 g/mol. The summed E-state index contributed by atoms with van der Waals surface area (Å²) in [5.41, 5.74) is 7.12. The molecule has 1 aromatic carbocycles. The maximum Gasteiger partial charge on any atom is 0.0573 e. The molecule has 0 saturated heterocycles. The van der Waals surface area contributed by atoms with Gasteiger partial charge in [-0.3, -0.25) is 0 Å². The molecule has 0 fully saturated rings. The fourth-order valence-corrected chi connectivity index (χ4v) is 2.00. The lowest BCUT2D eigenvalue weighted by atomic mass is 9.87. The molecule has 88 valence electrons. The SMILES string of the molecule is C=CCC(N)(CN(C)C)c1ccc(Cl)cc1. The van der Waals surface area contributed by atoms with Gasteiger partial charge >= 0.3 is 0 Å². The van der Waals surface area contributed by atoms with Gasteiger partial charge in [0, 0.05) is 11.6 Å². The molecule has 0 spiro atoms. The lowest BCUT2D eigenvalue weighted by Gasteiger charge is -2.32. The van der Waals surface area contributed by atoms with Crippen LogP contribution < -0.4 is 5.73 Å². The van der Waals surface area contributed by atoms with Crippen molar-refractivity contribution in [2.45, 2.75) is 12.0 Å². The van der Waals surface area contributed by atoms with Crippen molar-refractivity contribution in [2.24, 2.45) is 5.73 Å². The van der Waals surface area contributed by atoms with Gasteiger partial charge in [-0.15, -0.1) is 6.58 Å². The van der Waals surface area contributed by atoms with E-state index in [4.69, 9.17) is 17.3 Å². The standard InChI is InChI=1S/C13H19ClN2/c1-4-9-13(15,10-16(2)3)11-5-7-12(14)8-6-11/h4-8H,1,9-10,15H2,2-3H3. The number of benzene rings is 1. The van der Waals surface area contributed by atoms with Crippen LogP contribution in [-0.2, 0) is 5.54 Å². The van der Waals surface area contributed by atoms with Gasteiger partial charge in [-0.25, -0.2) is 0 Å². The number of nitrogens with two attached hydrogens (primary N) is 1. The number of likely N-dealkylation sites (N-methyl/N-ethyl adjacent to an activating group) is 1. The second kappa shape index (κ2) is 5.48. The molecule has 2 N–H and O–H groups in total. The fourth-order valence-electron chi connectivity index (χ4n) is 1.88. The molecule has 1 unspecified atom stereocenters. The predicted octanol–water partition coefficient (Wildman–Crippen LogP) is 2.63. The predicted molar refractivity (Wildman–Crippen MR) is 70.7 cm³/mol. The van der Waals surface area contributed by atoms with Crippen molar-refractivity contribution in [1.29, 1.82) is 0 Å². The third-order valence-electron chi connectivity index (χ3n) is 2.53. The highest BCUT2D eigenvalue weighted by molar-refractivity contribution is 6.30. The van der Waals surface area contributed by atoms with Crippen LogP contribution >= 0.6 is 11.6 Å². The first-order valence-corrected chi connectivity index (χ1v) is 5.66. The van der Waals surface area contributed by atoms with E-state index < -0.39 is 5.54 Å².